The largest absolute Gasteiger partial charge is 0.489 e. The first-order chi connectivity index (χ1) is 22.7. The van der Waals surface area contributed by atoms with Crippen molar-refractivity contribution >= 4 is 52.7 Å². The van der Waals surface area contributed by atoms with Crippen LogP contribution in [-0.4, -0.2) is 67.3 Å². The van der Waals surface area contributed by atoms with Crippen molar-refractivity contribution in [1.29, 1.82) is 10.8 Å². The quantitative estimate of drug-likeness (QED) is 0.104. The van der Waals surface area contributed by atoms with E-state index in [-0.39, 0.29) is 48.0 Å². The lowest BCUT2D eigenvalue weighted by molar-refractivity contribution is -0.144. The number of benzene rings is 4. The molecule has 11 heteroatoms. The summed E-state index contributed by atoms with van der Waals surface area (Å²) in [5.74, 6) is -0.956. The van der Waals surface area contributed by atoms with Gasteiger partial charge >= 0.3 is 11.9 Å². The minimum Gasteiger partial charge on any atom is -0.489 e. The molecule has 1 aliphatic heterocycles. The molecule has 0 saturated carbocycles. The third kappa shape index (κ3) is 8.38. The highest BCUT2D eigenvalue weighted by atomic mass is 35.5. The second-order valence-corrected chi connectivity index (χ2v) is 11.4. The van der Waals surface area contributed by atoms with Gasteiger partial charge in [-0.25, -0.2) is 4.79 Å². The number of amidine groups is 2. The summed E-state index contributed by atoms with van der Waals surface area (Å²) in [7, 11) is 1.24. The average molecular weight is 671 g/mol. The first-order valence-electron chi connectivity index (χ1n) is 15.5. The number of esters is 2. The van der Waals surface area contributed by atoms with Crippen LogP contribution in [0, 0.1) is 10.8 Å². The third-order valence-corrected chi connectivity index (χ3v) is 8.22. The van der Waals surface area contributed by atoms with Gasteiger partial charge in [0.25, 0.3) is 5.91 Å². The average Bonchev–Trinajstić information content (AvgIpc) is 3.56. The Kier molecular flexibility index (Phi) is 11.9. The van der Waals surface area contributed by atoms with Gasteiger partial charge in [0.05, 0.1) is 43.1 Å². The second-order valence-electron chi connectivity index (χ2n) is 11.4. The highest BCUT2D eigenvalue weighted by Gasteiger charge is 2.26. The van der Waals surface area contributed by atoms with E-state index < -0.39 is 17.8 Å². The van der Waals surface area contributed by atoms with Crippen LogP contribution < -0.4 is 10.1 Å². The van der Waals surface area contributed by atoms with E-state index in [0.717, 1.165) is 34.9 Å². The highest BCUT2D eigenvalue weighted by Crippen LogP contribution is 2.28. The van der Waals surface area contributed by atoms with Crippen molar-refractivity contribution < 1.29 is 28.6 Å². The Hall–Kier alpha value is -5.22. The topological polar surface area (TPSA) is 142 Å². The third-order valence-electron chi connectivity index (χ3n) is 8.22. The first kappa shape index (κ1) is 35.6. The molecule has 4 aromatic rings. The van der Waals surface area contributed by atoms with E-state index in [2.05, 4.69) is 5.32 Å². The Morgan fingerprint density at radius 2 is 1.65 bits per heavy atom. The molecule has 1 saturated heterocycles. The van der Waals surface area contributed by atoms with Gasteiger partial charge in [0, 0.05) is 18.5 Å². The molecule has 0 aliphatic carbocycles. The second kappa shape index (κ2) is 16.1. The van der Waals surface area contributed by atoms with Gasteiger partial charge in [-0.2, -0.15) is 0 Å². The van der Waals surface area contributed by atoms with Crippen molar-refractivity contribution in [3.8, 4) is 5.75 Å². The predicted molar refractivity (Wildman–Crippen MR) is 187 cm³/mol. The first-order valence-corrected chi connectivity index (χ1v) is 15.5. The Balaban J connectivity index is 0.00000520. The summed E-state index contributed by atoms with van der Waals surface area (Å²) in [4.78, 5) is 40.3. The maximum absolute atomic E-state index is 13.1. The molecule has 2 atom stereocenters. The fourth-order valence-corrected chi connectivity index (χ4v) is 5.72. The summed E-state index contributed by atoms with van der Waals surface area (Å²) in [5, 5.41) is 20.8. The Labute approximate surface area is 285 Å². The number of hydrogen-bond acceptors (Lipinski definition) is 8. The molecule has 5 rings (SSSR count). The summed E-state index contributed by atoms with van der Waals surface area (Å²) in [6.07, 6.45) is 1.26. The van der Waals surface area contributed by atoms with Gasteiger partial charge in [-0.15, -0.1) is 12.4 Å². The summed E-state index contributed by atoms with van der Waals surface area (Å²) in [6.45, 7) is 5.31. The molecule has 1 heterocycles. The number of fused-ring (bicyclic) bond motifs is 1. The molecular formula is C37H39ClN4O6. The van der Waals surface area contributed by atoms with E-state index in [1.807, 2.05) is 59.5 Å². The number of likely N-dealkylation sites (tertiary alicyclic amines) is 1. The molecular weight excluding hydrogens is 632 g/mol. The van der Waals surface area contributed by atoms with Crippen LogP contribution in [0.5, 0.6) is 5.75 Å². The molecule has 1 amide bonds. The number of nitrogens with zero attached hydrogens (tertiary/aromatic N) is 1. The molecule has 0 aromatic heterocycles. The Morgan fingerprint density at radius 1 is 0.938 bits per heavy atom. The van der Waals surface area contributed by atoms with E-state index in [0.29, 0.717) is 30.1 Å². The minimum absolute atomic E-state index is 0. The van der Waals surface area contributed by atoms with E-state index in [4.69, 9.17) is 25.0 Å². The van der Waals surface area contributed by atoms with E-state index in [1.165, 1.54) is 19.2 Å². The van der Waals surface area contributed by atoms with Crippen molar-refractivity contribution in [1.82, 2.24) is 10.2 Å². The molecule has 250 valence electrons. The van der Waals surface area contributed by atoms with Gasteiger partial charge in [0.15, 0.2) is 0 Å². The predicted octanol–water partition coefficient (Wildman–Crippen LogP) is 6.14. The summed E-state index contributed by atoms with van der Waals surface area (Å²) in [6, 6.07) is 25.1. The van der Waals surface area contributed by atoms with Crippen molar-refractivity contribution in [2.45, 2.75) is 38.7 Å². The maximum Gasteiger partial charge on any atom is 0.338 e. The Morgan fingerprint density at radius 3 is 2.31 bits per heavy atom. The number of amides is 1. The standard InChI is InChI=1S/C37H38N4O6.ClH/c1-4-46-37(44)33(26-13-15-29(16-14-26)47-30-17-18-41(22-30)23(2)38)20-24-9-10-25-11-12-27(21-28(25)19-24)34(39)40-35(42)31-7-5-6-8-32(31)36(43)45-3;/h5-16,19,21,30,33,38H,4,17-18,20,22H2,1-3H3,(H2,39,40,42);1H/t30-,33-;/m0./s1. The number of rotatable bonds is 10. The van der Waals surface area contributed by atoms with Gasteiger partial charge in [0.2, 0.25) is 0 Å². The van der Waals surface area contributed by atoms with Crippen molar-refractivity contribution in [2.24, 2.45) is 0 Å². The monoisotopic (exact) mass is 670 g/mol. The molecule has 10 nitrogen and oxygen atoms in total. The van der Waals surface area contributed by atoms with Crippen LogP contribution in [0.2, 0.25) is 0 Å². The number of hydrogen-bond donors (Lipinski definition) is 3. The molecule has 0 spiro atoms. The zero-order valence-corrected chi connectivity index (χ0v) is 27.9. The molecule has 48 heavy (non-hydrogen) atoms. The van der Waals surface area contributed by atoms with E-state index >= 15 is 0 Å². The van der Waals surface area contributed by atoms with Crippen molar-refractivity contribution in [3.63, 3.8) is 0 Å². The molecule has 0 radical (unpaired) electrons. The van der Waals surface area contributed by atoms with Crippen LogP contribution in [0.3, 0.4) is 0 Å². The van der Waals surface area contributed by atoms with Gasteiger partial charge in [0.1, 0.15) is 17.7 Å². The SMILES string of the molecule is CCOC(=O)[C@@H](Cc1ccc2ccc(C(=N)NC(=O)c3ccccc3C(=O)OC)cc2c1)c1ccc(O[C@H]2CCN(C(C)=N)C2)cc1.Cl. The molecule has 0 unspecified atom stereocenters. The van der Waals surface area contributed by atoms with Crippen LogP contribution >= 0.6 is 12.4 Å². The lowest BCUT2D eigenvalue weighted by Crippen LogP contribution is -2.31. The summed E-state index contributed by atoms with van der Waals surface area (Å²) < 4.78 is 16.4. The van der Waals surface area contributed by atoms with E-state index in [9.17, 15) is 14.4 Å². The summed E-state index contributed by atoms with van der Waals surface area (Å²) >= 11 is 0. The molecule has 1 aliphatic rings. The lowest BCUT2D eigenvalue weighted by Gasteiger charge is -2.19. The number of nitrogens with one attached hydrogen (secondary N) is 3. The van der Waals surface area contributed by atoms with Crippen LogP contribution in [0.15, 0.2) is 84.9 Å². The number of ether oxygens (including phenoxy) is 3. The number of carbonyl (C=O) groups excluding carboxylic acids is 3. The minimum atomic E-state index is -0.638. The van der Waals surface area contributed by atoms with E-state index in [1.54, 1.807) is 32.0 Å². The van der Waals surface area contributed by atoms with Crippen LogP contribution in [0.25, 0.3) is 10.8 Å². The molecule has 1 fully saturated rings. The highest BCUT2D eigenvalue weighted by molar-refractivity contribution is 6.15. The van der Waals surface area contributed by atoms with Gasteiger partial charge in [-0.05, 0) is 72.5 Å². The number of halogens is 1. The summed E-state index contributed by atoms with van der Waals surface area (Å²) in [5.41, 5.74) is 2.42. The van der Waals surface area contributed by atoms with Gasteiger partial charge < -0.3 is 24.4 Å². The molecule has 0 bridgehead atoms. The maximum atomic E-state index is 13.1. The fraction of sp³-hybridized carbons (Fsp3) is 0.270. The number of carbonyl (C=O) groups is 3. The smallest absolute Gasteiger partial charge is 0.338 e. The van der Waals surface area contributed by atoms with Crippen molar-refractivity contribution in [3.05, 3.63) is 113 Å². The van der Waals surface area contributed by atoms with Crippen LogP contribution in [-0.2, 0) is 20.7 Å². The zero-order chi connectivity index (χ0) is 33.5. The normalized spacial score (nSPS) is 14.4. The van der Waals surface area contributed by atoms with Crippen LogP contribution in [0.1, 0.15) is 63.6 Å². The number of methoxy groups -OCH3 is 1. The van der Waals surface area contributed by atoms with Gasteiger partial charge in [-0.3, -0.25) is 20.4 Å². The fourth-order valence-electron chi connectivity index (χ4n) is 5.72. The zero-order valence-electron chi connectivity index (χ0n) is 27.1. The van der Waals surface area contributed by atoms with Crippen LogP contribution in [0.4, 0.5) is 0 Å². The molecule has 3 N–H and O–H groups in total. The lowest BCUT2D eigenvalue weighted by atomic mass is 9.91. The molecule has 4 aromatic carbocycles. The van der Waals surface area contributed by atoms with Gasteiger partial charge in [-0.1, -0.05) is 54.6 Å². The van der Waals surface area contributed by atoms with Crippen molar-refractivity contribution in [2.75, 3.05) is 26.8 Å². The Bertz CT molecular complexity index is 1830.